The maximum Gasteiger partial charge on any atom is 0.338 e. The van der Waals surface area contributed by atoms with Crippen LogP contribution in [0.2, 0.25) is 5.02 Å². The van der Waals surface area contributed by atoms with Gasteiger partial charge in [0.15, 0.2) is 0 Å². The van der Waals surface area contributed by atoms with E-state index in [1.807, 2.05) is 0 Å². The van der Waals surface area contributed by atoms with E-state index in [-0.39, 0.29) is 5.97 Å². The van der Waals surface area contributed by atoms with Gasteiger partial charge in [-0.25, -0.2) is 4.79 Å². The van der Waals surface area contributed by atoms with Gasteiger partial charge in [-0.1, -0.05) is 11.6 Å². The normalized spacial score (nSPS) is 9.77. The van der Waals surface area contributed by atoms with Gasteiger partial charge in [-0.2, -0.15) is 0 Å². The Bertz CT molecular complexity index is 325. The molecule has 1 rings (SSSR count). The van der Waals surface area contributed by atoms with Gasteiger partial charge in [0.1, 0.15) is 0 Å². The Balaban J connectivity index is 2.90. The molecule has 0 saturated carbocycles. The minimum Gasteiger partial charge on any atom is -0.462 e. The summed E-state index contributed by atoms with van der Waals surface area (Å²) in [6, 6.07) is 4.92. The maximum absolute atomic E-state index is 11.2. The third kappa shape index (κ3) is 2.71. The fourth-order valence-electron chi connectivity index (χ4n) is 0.838. The van der Waals surface area contributed by atoms with Crippen molar-refractivity contribution in [2.24, 2.45) is 0 Å². The van der Waals surface area contributed by atoms with Crippen LogP contribution in [0.1, 0.15) is 17.3 Å². The monoisotopic (exact) mass is 262 g/mol. The number of esters is 1. The molecule has 0 aliphatic rings. The summed E-state index contributed by atoms with van der Waals surface area (Å²) in [4.78, 5) is 11.2. The van der Waals surface area contributed by atoms with Crippen molar-refractivity contribution < 1.29 is 9.53 Å². The molecule has 4 heteroatoms. The lowest BCUT2D eigenvalue weighted by Gasteiger charge is -2.02. The van der Waals surface area contributed by atoms with Crippen LogP contribution in [0, 0.1) is 0 Å². The Labute approximate surface area is 90.0 Å². The molecule has 1 aromatic carbocycles. The van der Waals surface area contributed by atoms with E-state index in [1.165, 1.54) is 0 Å². The van der Waals surface area contributed by atoms with Crippen molar-refractivity contribution in [3.05, 3.63) is 33.3 Å². The van der Waals surface area contributed by atoms with E-state index in [0.717, 1.165) is 0 Å². The zero-order chi connectivity index (χ0) is 9.84. The number of hydrogen-bond donors (Lipinski definition) is 0. The first-order chi connectivity index (χ1) is 6.15. The maximum atomic E-state index is 11.2. The average Bonchev–Trinajstić information content (AvgIpc) is 2.10. The highest BCUT2D eigenvalue weighted by Crippen LogP contribution is 2.23. The number of ether oxygens (including phenoxy) is 1. The predicted molar refractivity (Wildman–Crippen MR) is 55.1 cm³/mol. The van der Waals surface area contributed by atoms with Crippen LogP contribution < -0.4 is 0 Å². The quantitative estimate of drug-likeness (QED) is 0.766. The number of hydrogen-bond acceptors (Lipinski definition) is 2. The van der Waals surface area contributed by atoms with E-state index in [2.05, 4.69) is 15.9 Å². The van der Waals surface area contributed by atoms with Crippen molar-refractivity contribution in [3.63, 3.8) is 0 Å². The first-order valence-electron chi connectivity index (χ1n) is 3.77. The second kappa shape index (κ2) is 4.63. The molecule has 0 radical (unpaired) electrons. The molecule has 1 aromatic rings. The van der Waals surface area contributed by atoms with Crippen molar-refractivity contribution in [1.82, 2.24) is 0 Å². The first kappa shape index (κ1) is 10.5. The molecule has 13 heavy (non-hydrogen) atoms. The summed E-state index contributed by atoms with van der Waals surface area (Å²) in [5.41, 5.74) is 0.498. The topological polar surface area (TPSA) is 26.3 Å². The van der Waals surface area contributed by atoms with Crippen LogP contribution in [0.25, 0.3) is 0 Å². The molecule has 0 saturated heterocycles. The van der Waals surface area contributed by atoms with Gasteiger partial charge in [-0.05, 0) is 41.1 Å². The lowest BCUT2D eigenvalue weighted by atomic mass is 10.2. The van der Waals surface area contributed by atoms with Gasteiger partial charge in [-0.3, -0.25) is 0 Å². The Morgan fingerprint density at radius 1 is 1.62 bits per heavy atom. The highest BCUT2D eigenvalue weighted by Gasteiger charge is 2.07. The van der Waals surface area contributed by atoms with E-state index < -0.39 is 0 Å². The van der Waals surface area contributed by atoms with Gasteiger partial charge >= 0.3 is 5.97 Å². The summed E-state index contributed by atoms with van der Waals surface area (Å²) in [6.45, 7) is 2.14. The molecule has 2 nitrogen and oxygen atoms in total. The fraction of sp³-hybridized carbons (Fsp3) is 0.222. The Morgan fingerprint density at radius 2 is 2.31 bits per heavy atom. The molecule has 0 heterocycles. The van der Waals surface area contributed by atoms with E-state index in [4.69, 9.17) is 16.3 Å². The van der Waals surface area contributed by atoms with Gasteiger partial charge in [0, 0.05) is 4.47 Å². The molecule has 0 aromatic heterocycles. The zero-order valence-corrected chi connectivity index (χ0v) is 9.35. The summed E-state index contributed by atoms with van der Waals surface area (Å²) in [5.74, 6) is -0.333. The number of benzene rings is 1. The van der Waals surface area contributed by atoms with Crippen molar-refractivity contribution in [2.45, 2.75) is 6.92 Å². The number of carbonyl (C=O) groups excluding carboxylic acids is 1. The second-order valence-electron chi connectivity index (χ2n) is 2.35. The molecule has 0 N–H and O–H groups in total. The highest BCUT2D eigenvalue weighted by molar-refractivity contribution is 9.10. The SMILES string of the molecule is CCOC(=O)c1ccc(Cl)c(Br)c1. The molecule has 0 aliphatic heterocycles. The molecule has 0 bridgehead atoms. The zero-order valence-electron chi connectivity index (χ0n) is 7.01. The summed E-state index contributed by atoms with van der Waals surface area (Å²) < 4.78 is 5.51. The van der Waals surface area contributed by atoms with Crippen LogP contribution in [0.15, 0.2) is 22.7 Å². The lowest BCUT2D eigenvalue weighted by Crippen LogP contribution is -2.04. The third-order valence-electron chi connectivity index (χ3n) is 1.43. The van der Waals surface area contributed by atoms with Gasteiger partial charge in [0.2, 0.25) is 0 Å². The highest BCUT2D eigenvalue weighted by atomic mass is 79.9. The molecule has 70 valence electrons. The Morgan fingerprint density at radius 3 is 2.85 bits per heavy atom. The second-order valence-corrected chi connectivity index (χ2v) is 3.61. The summed E-state index contributed by atoms with van der Waals surface area (Å²) >= 11 is 8.99. The summed E-state index contributed by atoms with van der Waals surface area (Å²) in [5, 5.41) is 0.577. The van der Waals surface area contributed by atoms with Crippen molar-refractivity contribution >= 4 is 33.5 Å². The predicted octanol–water partition coefficient (Wildman–Crippen LogP) is 3.28. The van der Waals surface area contributed by atoms with E-state index in [9.17, 15) is 4.79 Å². The van der Waals surface area contributed by atoms with E-state index in [0.29, 0.717) is 21.7 Å². The summed E-state index contributed by atoms with van der Waals surface area (Å²) in [6.07, 6.45) is 0. The van der Waals surface area contributed by atoms with E-state index in [1.54, 1.807) is 25.1 Å². The minimum atomic E-state index is -0.333. The van der Waals surface area contributed by atoms with Crippen LogP contribution in [-0.2, 0) is 4.74 Å². The number of carbonyl (C=O) groups is 1. The smallest absolute Gasteiger partial charge is 0.338 e. The first-order valence-corrected chi connectivity index (χ1v) is 4.94. The molecule has 0 atom stereocenters. The molecular weight excluding hydrogens is 255 g/mol. The van der Waals surface area contributed by atoms with Crippen molar-refractivity contribution in [2.75, 3.05) is 6.61 Å². The average molecular weight is 264 g/mol. The molecular formula is C9H8BrClO2. The lowest BCUT2D eigenvalue weighted by molar-refractivity contribution is 0.0526. The van der Waals surface area contributed by atoms with Crippen LogP contribution >= 0.6 is 27.5 Å². The van der Waals surface area contributed by atoms with Crippen molar-refractivity contribution in [3.8, 4) is 0 Å². The van der Waals surface area contributed by atoms with Gasteiger partial charge in [0.05, 0.1) is 17.2 Å². The third-order valence-corrected chi connectivity index (χ3v) is 2.64. The number of rotatable bonds is 2. The molecule has 0 aliphatic carbocycles. The fourth-order valence-corrected chi connectivity index (χ4v) is 1.33. The van der Waals surface area contributed by atoms with Crippen LogP contribution in [0.5, 0.6) is 0 Å². The van der Waals surface area contributed by atoms with E-state index >= 15 is 0 Å². The molecule has 0 amide bonds. The minimum absolute atomic E-state index is 0.333. The molecule has 0 fully saturated rings. The number of halogens is 2. The van der Waals surface area contributed by atoms with Crippen molar-refractivity contribution in [1.29, 1.82) is 0 Å². The van der Waals surface area contributed by atoms with Crippen LogP contribution in [-0.4, -0.2) is 12.6 Å². The summed E-state index contributed by atoms with van der Waals surface area (Å²) in [7, 11) is 0. The van der Waals surface area contributed by atoms with Gasteiger partial charge in [-0.15, -0.1) is 0 Å². The largest absolute Gasteiger partial charge is 0.462 e. The standard InChI is InChI=1S/C9H8BrClO2/c1-2-13-9(12)6-3-4-8(11)7(10)5-6/h3-5H,2H2,1H3. The Kier molecular flexibility index (Phi) is 3.75. The molecule has 0 unspecified atom stereocenters. The van der Waals surface area contributed by atoms with Crippen LogP contribution in [0.4, 0.5) is 0 Å². The Hall–Kier alpha value is -0.540. The van der Waals surface area contributed by atoms with Gasteiger partial charge < -0.3 is 4.74 Å². The molecule has 0 spiro atoms. The van der Waals surface area contributed by atoms with Gasteiger partial charge in [0.25, 0.3) is 0 Å². The van der Waals surface area contributed by atoms with Crippen LogP contribution in [0.3, 0.4) is 0 Å².